The number of anilines is 1. The first-order valence-electron chi connectivity index (χ1n) is 5.66. The monoisotopic (exact) mass is 311 g/mol. The SMILES string of the molecule is CC(=NO)c1csc(NS(=O)(=O)c2cccc(C)c2)n1. The standard InChI is InChI=1S/C12H13N3O3S2/c1-8-4-3-5-10(6-8)20(17,18)15-12-13-11(7-19-12)9(2)14-16/h3-7,16H,1-2H3,(H,13,15). The molecule has 0 saturated heterocycles. The third-order valence-corrected chi connectivity index (χ3v) is 4.77. The van der Waals surface area contributed by atoms with E-state index >= 15 is 0 Å². The molecule has 0 bridgehead atoms. The van der Waals surface area contributed by atoms with Crippen molar-refractivity contribution < 1.29 is 13.6 Å². The molecule has 0 amide bonds. The topological polar surface area (TPSA) is 91.7 Å². The van der Waals surface area contributed by atoms with Gasteiger partial charge in [-0.25, -0.2) is 13.4 Å². The quantitative estimate of drug-likeness (QED) is 0.515. The predicted octanol–water partition coefficient (Wildman–Crippen LogP) is 2.45. The Labute approximate surface area is 120 Å². The van der Waals surface area contributed by atoms with E-state index in [1.165, 1.54) is 6.07 Å². The second-order valence-corrected chi connectivity index (χ2v) is 6.69. The molecule has 1 aromatic heterocycles. The number of oxime groups is 1. The summed E-state index contributed by atoms with van der Waals surface area (Å²) >= 11 is 1.13. The van der Waals surface area contributed by atoms with E-state index in [1.807, 2.05) is 13.0 Å². The van der Waals surface area contributed by atoms with Crippen molar-refractivity contribution in [1.29, 1.82) is 0 Å². The molecule has 20 heavy (non-hydrogen) atoms. The lowest BCUT2D eigenvalue weighted by molar-refractivity contribution is 0.319. The minimum atomic E-state index is -3.66. The second kappa shape index (κ2) is 5.59. The number of hydrogen-bond acceptors (Lipinski definition) is 6. The first kappa shape index (κ1) is 14.5. The molecule has 0 saturated carbocycles. The van der Waals surface area contributed by atoms with Gasteiger partial charge in [-0.3, -0.25) is 4.72 Å². The number of nitrogens with zero attached hydrogens (tertiary/aromatic N) is 2. The molecule has 0 radical (unpaired) electrons. The molecule has 1 aromatic carbocycles. The summed E-state index contributed by atoms with van der Waals surface area (Å²) in [5.74, 6) is 0. The lowest BCUT2D eigenvalue weighted by Crippen LogP contribution is -2.13. The van der Waals surface area contributed by atoms with Crippen LogP contribution in [0.1, 0.15) is 18.2 Å². The third-order valence-electron chi connectivity index (χ3n) is 2.55. The zero-order valence-electron chi connectivity index (χ0n) is 10.9. The Morgan fingerprint density at radius 1 is 1.45 bits per heavy atom. The van der Waals surface area contributed by atoms with Crippen LogP contribution < -0.4 is 4.72 Å². The van der Waals surface area contributed by atoms with Crippen LogP contribution in [0.15, 0.2) is 39.7 Å². The van der Waals surface area contributed by atoms with E-state index in [0.717, 1.165) is 16.9 Å². The summed E-state index contributed by atoms with van der Waals surface area (Å²) in [7, 11) is -3.66. The highest BCUT2D eigenvalue weighted by atomic mass is 32.2. The Balaban J connectivity index is 2.27. The van der Waals surface area contributed by atoms with Crippen molar-refractivity contribution in [2.45, 2.75) is 18.7 Å². The van der Waals surface area contributed by atoms with Crippen molar-refractivity contribution >= 4 is 32.2 Å². The molecule has 0 aliphatic carbocycles. The van der Waals surface area contributed by atoms with Gasteiger partial charge in [-0.15, -0.1) is 11.3 Å². The Hall–Kier alpha value is -1.93. The smallest absolute Gasteiger partial charge is 0.263 e. The number of hydrogen-bond donors (Lipinski definition) is 2. The van der Waals surface area contributed by atoms with Crippen LogP contribution in [0.2, 0.25) is 0 Å². The van der Waals surface area contributed by atoms with E-state index in [4.69, 9.17) is 5.21 Å². The van der Waals surface area contributed by atoms with E-state index in [2.05, 4.69) is 14.9 Å². The van der Waals surface area contributed by atoms with Crippen LogP contribution in [0.25, 0.3) is 0 Å². The highest BCUT2D eigenvalue weighted by Gasteiger charge is 2.16. The molecule has 0 fully saturated rings. The first-order valence-corrected chi connectivity index (χ1v) is 8.03. The second-order valence-electron chi connectivity index (χ2n) is 4.15. The summed E-state index contributed by atoms with van der Waals surface area (Å²) in [5, 5.41) is 13.5. The minimum absolute atomic E-state index is 0.182. The fourth-order valence-electron chi connectivity index (χ4n) is 1.49. The van der Waals surface area contributed by atoms with Gasteiger partial charge >= 0.3 is 0 Å². The fourth-order valence-corrected chi connectivity index (χ4v) is 3.61. The highest BCUT2D eigenvalue weighted by Crippen LogP contribution is 2.21. The van der Waals surface area contributed by atoms with E-state index in [1.54, 1.807) is 24.4 Å². The van der Waals surface area contributed by atoms with Crippen molar-refractivity contribution in [1.82, 2.24) is 4.98 Å². The van der Waals surface area contributed by atoms with Crippen LogP contribution in [0.3, 0.4) is 0 Å². The number of thiazole rings is 1. The number of benzene rings is 1. The van der Waals surface area contributed by atoms with Crippen molar-refractivity contribution in [3.63, 3.8) is 0 Å². The average molecular weight is 311 g/mol. The number of aryl methyl sites for hydroxylation is 1. The molecule has 2 N–H and O–H groups in total. The van der Waals surface area contributed by atoms with Crippen LogP contribution in [0, 0.1) is 6.92 Å². The molecular weight excluding hydrogens is 298 g/mol. The largest absolute Gasteiger partial charge is 0.411 e. The van der Waals surface area contributed by atoms with Crippen molar-refractivity contribution in [3.8, 4) is 0 Å². The Morgan fingerprint density at radius 3 is 2.85 bits per heavy atom. The molecule has 0 aliphatic heterocycles. The van der Waals surface area contributed by atoms with Gasteiger partial charge in [0.1, 0.15) is 11.4 Å². The molecule has 6 nitrogen and oxygen atoms in total. The maximum atomic E-state index is 12.2. The molecule has 106 valence electrons. The molecule has 2 aromatic rings. The van der Waals surface area contributed by atoms with E-state index in [-0.39, 0.29) is 10.0 Å². The minimum Gasteiger partial charge on any atom is -0.411 e. The van der Waals surface area contributed by atoms with Gasteiger partial charge in [-0.1, -0.05) is 17.3 Å². The molecule has 0 aliphatic rings. The van der Waals surface area contributed by atoms with Gasteiger partial charge in [0.25, 0.3) is 10.0 Å². The number of nitrogens with one attached hydrogen (secondary N) is 1. The molecule has 2 rings (SSSR count). The van der Waals surface area contributed by atoms with Crippen molar-refractivity contribution in [2.24, 2.45) is 5.16 Å². The van der Waals surface area contributed by atoms with Gasteiger partial charge in [-0.05, 0) is 31.5 Å². The predicted molar refractivity (Wildman–Crippen MR) is 78.1 cm³/mol. The van der Waals surface area contributed by atoms with Crippen LogP contribution in [0.5, 0.6) is 0 Å². The van der Waals surface area contributed by atoms with Gasteiger partial charge in [-0.2, -0.15) is 0 Å². The maximum absolute atomic E-state index is 12.2. The number of aromatic nitrogens is 1. The first-order chi connectivity index (χ1) is 9.42. The summed E-state index contributed by atoms with van der Waals surface area (Å²) in [6, 6.07) is 6.60. The van der Waals surface area contributed by atoms with Crippen LogP contribution >= 0.6 is 11.3 Å². The summed E-state index contributed by atoms with van der Waals surface area (Å²) in [6.45, 7) is 3.40. The van der Waals surface area contributed by atoms with Gasteiger partial charge in [0.2, 0.25) is 0 Å². The number of rotatable bonds is 4. The summed E-state index contributed by atoms with van der Waals surface area (Å²) in [5.41, 5.74) is 1.61. The Kier molecular flexibility index (Phi) is 4.05. The Bertz CT molecular complexity index is 751. The fraction of sp³-hybridized carbons (Fsp3) is 0.167. The summed E-state index contributed by atoms with van der Waals surface area (Å²) < 4.78 is 26.8. The van der Waals surface area contributed by atoms with Gasteiger partial charge in [0, 0.05) is 5.38 Å². The number of sulfonamides is 1. The third kappa shape index (κ3) is 3.14. The maximum Gasteiger partial charge on any atom is 0.263 e. The van der Waals surface area contributed by atoms with Crippen molar-refractivity contribution in [2.75, 3.05) is 4.72 Å². The van der Waals surface area contributed by atoms with Gasteiger partial charge < -0.3 is 5.21 Å². The Morgan fingerprint density at radius 2 is 2.20 bits per heavy atom. The normalized spacial score (nSPS) is 12.4. The molecule has 0 atom stereocenters. The van der Waals surface area contributed by atoms with Crippen molar-refractivity contribution in [3.05, 3.63) is 40.9 Å². The van der Waals surface area contributed by atoms with Crippen LogP contribution in [-0.2, 0) is 10.0 Å². The molecular formula is C12H13N3O3S2. The molecule has 1 heterocycles. The molecule has 0 unspecified atom stereocenters. The molecule has 0 spiro atoms. The van der Waals surface area contributed by atoms with E-state index in [9.17, 15) is 8.42 Å². The summed E-state index contributed by atoms with van der Waals surface area (Å²) in [4.78, 5) is 4.23. The van der Waals surface area contributed by atoms with Gasteiger partial charge in [0.05, 0.1) is 4.90 Å². The van der Waals surface area contributed by atoms with E-state index in [0.29, 0.717) is 11.4 Å². The average Bonchev–Trinajstić information content (AvgIpc) is 2.85. The highest BCUT2D eigenvalue weighted by molar-refractivity contribution is 7.93. The van der Waals surface area contributed by atoms with E-state index < -0.39 is 10.0 Å². The lowest BCUT2D eigenvalue weighted by atomic mass is 10.2. The molecule has 8 heteroatoms. The van der Waals surface area contributed by atoms with Crippen LogP contribution in [-0.4, -0.2) is 24.3 Å². The zero-order valence-corrected chi connectivity index (χ0v) is 12.5. The zero-order chi connectivity index (χ0) is 14.8. The van der Waals surface area contributed by atoms with Gasteiger partial charge in [0.15, 0.2) is 5.13 Å². The van der Waals surface area contributed by atoms with Crippen LogP contribution in [0.4, 0.5) is 5.13 Å². The summed E-state index contributed by atoms with van der Waals surface area (Å²) in [6.07, 6.45) is 0. The lowest BCUT2D eigenvalue weighted by Gasteiger charge is -2.05.